The van der Waals surface area contributed by atoms with Crippen LogP contribution in [-0.4, -0.2) is 75.6 Å². The monoisotopic (exact) mass is 723 g/mol. The number of rotatable bonds is 19. The van der Waals surface area contributed by atoms with Crippen LogP contribution >= 0.6 is 0 Å². The van der Waals surface area contributed by atoms with Gasteiger partial charge in [0.25, 0.3) is 0 Å². The molecule has 1 unspecified atom stereocenters. The molecule has 0 saturated carbocycles. The number of carbonyl (C=O) groups excluding carboxylic acids is 3. The second kappa shape index (κ2) is 19.8. The molecule has 13 heteroatoms. The molecule has 0 heterocycles. The summed E-state index contributed by atoms with van der Waals surface area (Å²) in [6.45, 7) is 7.68. The zero-order valence-corrected chi connectivity index (χ0v) is 31.0. The molecule has 0 aliphatic rings. The van der Waals surface area contributed by atoms with Crippen LogP contribution in [0, 0.1) is 11.8 Å². The summed E-state index contributed by atoms with van der Waals surface area (Å²) in [5.74, 6) is -1.71. The maximum Gasteiger partial charge on any atom is 0.407 e. The van der Waals surface area contributed by atoms with E-state index in [4.69, 9.17) is 20.9 Å². The number of nitrogen functional groups attached to an aromatic ring is 1. The zero-order chi connectivity index (χ0) is 37.6. The number of alkyl carbamates (subject to hydrolysis) is 1. The SMILES string of the molecule is COC(=O)N[C@H](C(=O)NCCCC[C@@H](COC(=O)C(N)C(C)C)N(CC(C)C)S(=O)(=O)c1ccc(N)cc1)C(c1ccccc1)c1ccccc1. The van der Waals surface area contributed by atoms with Crippen LogP contribution in [0.15, 0.2) is 89.8 Å². The topological polar surface area (TPSA) is 183 Å². The number of esters is 1. The summed E-state index contributed by atoms with van der Waals surface area (Å²) in [4.78, 5) is 39.1. The van der Waals surface area contributed by atoms with Gasteiger partial charge in [0.05, 0.1) is 18.0 Å². The number of amides is 2. The number of unbranched alkanes of at least 4 members (excludes halogenated alkanes) is 1. The standard InChI is InChI=1S/C38H53N5O7S/c1-26(2)24-43(51(47,48)32-21-19-30(39)20-22-32)31(25-50-37(45)34(40)27(3)4)18-12-13-23-41-36(44)35(42-38(46)49-5)33(28-14-8-6-9-15-28)29-16-10-7-11-17-29/h6-11,14-17,19-22,26-27,31,33-35H,12-13,18,23-25,39-40H2,1-5H3,(H,41,44)(H,42,46)/t31-,34?,35-/m0/s1. The number of hydrogen-bond acceptors (Lipinski definition) is 9. The smallest absolute Gasteiger partial charge is 0.407 e. The van der Waals surface area contributed by atoms with Crippen LogP contribution in [0.25, 0.3) is 0 Å². The molecule has 3 aromatic rings. The molecule has 0 aromatic heterocycles. The van der Waals surface area contributed by atoms with Crippen molar-refractivity contribution in [2.75, 3.05) is 32.5 Å². The molecule has 2 amide bonds. The van der Waals surface area contributed by atoms with Gasteiger partial charge in [-0.25, -0.2) is 13.2 Å². The van der Waals surface area contributed by atoms with Gasteiger partial charge in [-0.2, -0.15) is 4.31 Å². The van der Waals surface area contributed by atoms with Gasteiger partial charge in [0, 0.05) is 24.7 Å². The van der Waals surface area contributed by atoms with E-state index in [0.717, 1.165) is 11.1 Å². The Labute approximate surface area is 302 Å². The summed E-state index contributed by atoms with van der Waals surface area (Å²) in [6.07, 6.45) is 0.557. The minimum Gasteiger partial charge on any atom is -0.463 e. The normalized spacial score (nSPS) is 13.5. The third kappa shape index (κ3) is 12.1. The predicted molar refractivity (Wildman–Crippen MR) is 198 cm³/mol. The number of methoxy groups -OCH3 is 1. The van der Waals surface area contributed by atoms with E-state index in [1.54, 1.807) is 0 Å². The van der Waals surface area contributed by atoms with Crippen molar-refractivity contribution < 1.29 is 32.3 Å². The van der Waals surface area contributed by atoms with E-state index in [9.17, 15) is 22.8 Å². The minimum absolute atomic E-state index is 0.0367. The molecule has 0 bridgehead atoms. The number of hydrogen-bond donors (Lipinski definition) is 4. The third-order valence-corrected chi connectivity index (χ3v) is 10.4. The van der Waals surface area contributed by atoms with Crippen molar-refractivity contribution >= 4 is 33.7 Å². The number of carbonyl (C=O) groups is 3. The predicted octanol–water partition coefficient (Wildman–Crippen LogP) is 4.65. The minimum atomic E-state index is -4.01. The lowest BCUT2D eigenvalue weighted by molar-refractivity contribution is -0.147. The highest BCUT2D eigenvalue weighted by molar-refractivity contribution is 7.89. The lowest BCUT2D eigenvalue weighted by Gasteiger charge is -2.32. The molecule has 0 radical (unpaired) electrons. The molecule has 6 N–H and O–H groups in total. The molecule has 0 fully saturated rings. The quantitative estimate of drug-likeness (QED) is 0.0777. The van der Waals surface area contributed by atoms with Gasteiger partial charge in [-0.3, -0.25) is 9.59 Å². The van der Waals surface area contributed by atoms with Gasteiger partial charge < -0.3 is 31.6 Å². The highest BCUT2D eigenvalue weighted by atomic mass is 32.2. The fraction of sp³-hybridized carbons (Fsp3) is 0.447. The number of benzene rings is 3. The summed E-state index contributed by atoms with van der Waals surface area (Å²) < 4.78 is 39.8. The summed E-state index contributed by atoms with van der Waals surface area (Å²) in [6, 6.07) is 22.3. The molecular formula is C38H53N5O7S. The van der Waals surface area contributed by atoms with E-state index in [1.165, 1.54) is 35.7 Å². The Bertz CT molecular complexity index is 1600. The van der Waals surface area contributed by atoms with E-state index in [2.05, 4.69) is 10.6 Å². The molecule has 0 aliphatic carbocycles. The average Bonchev–Trinajstić information content (AvgIpc) is 3.11. The van der Waals surface area contributed by atoms with Crippen molar-refractivity contribution in [2.24, 2.45) is 17.6 Å². The highest BCUT2D eigenvalue weighted by Gasteiger charge is 2.35. The van der Waals surface area contributed by atoms with Gasteiger partial charge in [-0.15, -0.1) is 0 Å². The Morgan fingerprint density at radius 1 is 0.843 bits per heavy atom. The van der Waals surface area contributed by atoms with Crippen LogP contribution in [0.1, 0.15) is 64.0 Å². The molecule has 0 spiro atoms. The zero-order valence-electron chi connectivity index (χ0n) is 30.2. The van der Waals surface area contributed by atoms with Crippen molar-refractivity contribution in [1.82, 2.24) is 14.9 Å². The second-order valence-electron chi connectivity index (χ2n) is 13.3. The summed E-state index contributed by atoms with van der Waals surface area (Å²) in [5, 5.41) is 5.67. The van der Waals surface area contributed by atoms with Crippen molar-refractivity contribution in [3.8, 4) is 0 Å². The number of ether oxygens (including phenoxy) is 2. The first-order chi connectivity index (χ1) is 24.3. The maximum absolute atomic E-state index is 14.0. The highest BCUT2D eigenvalue weighted by Crippen LogP contribution is 2.29. The number of nitrogens with zero attached hydrogens (tertiary/aromatic N) is 1. The lowest BCUT2D eigenvalue weighted by Crippen LogP contribution is -2.50. The van der Waals surface area contributed by atoms with E-state index >= 15 is 0 Å². The van der Waals surface area contributed by atoms with Crippen LogP contribution < -0.4 is 22.1 Å². The van der Waals surface area contributed by atoms with Crippen LogP contribution in [0.2, 0.25) is 0 Å². The van der Waals surface area contributed by atoms with E-state index in [1.807, 2.05) is 88.4 Å². The summed E-state index contributed by atoms with van der Waals surface area (Å²) in [7, 11) is -2.77. The molecule has 278 valence electrons. The Balaban J connectivity index is 1.80. The molecule has 3 atom stereocenters. The first-order valence-electron chi connectivity index (χ1n) is 17.3. The van der Waals surface area contributed by atoms with E-state index in [0.29, 0.717) is 24.9 Å². The molecule has 0 saturated heterocycles. The van der Waals surface area contributed by atoms with Crippen molar-refractivity contribution in [3.63, 3.8) is 0 Å². The molecule has 51 heavy (non-hydrogen) atoms. The first kappa shape index (κ1) is 41.0. The third-order valence-electron chi connectivity index (χ3n) is 8.50. The molecule has 12 nitrogen and oxygen atoms in total. The van der Waals surface area contributed by atoms with Crippen LogP contribution in [0.4, 0.5) is 10.5 Å². The number of nitrogens with one attached hydrogen (secondary N) is 2. The van der Waals surface area contributed by atoms with Crippen LogP contribution in [0.3, 0.4) is 0 Å². The van der Waals surface area contributed by atoms with E-state index < -0.39 is 52.0 Å². The molecular weight excluding hydrogens is 671 g/mol. The van der Waals surface area contributed by atoms with Crippen LogP contribution in [0.5, 0.6) is 0 Å². The van der Waals surface area contributed by atoms with Gasteiger partial charge in [0.1, 0.15) is 18.7 Å². The van der Waals surface area contributed by atoms with Gasteiger partial charge in [0.15, 0.2) is 0 Å². The Morgan fingerprint density at radius 2 is 1.41 bits per heavy atom. The van der Waals surface area contributed by atoms with Crippen molar-refractivity contribution in [1.29, 1.82) is 0 Å². The fourth-order valence-corrected chi connectivity index (χ4v) is 7.45. The number of sulfonamides is 1. The molecule has 3 aromatic carbocycles. The molecule has 0 aliphatic heterocycles. The first-order valence-corrected chi connectivity index (χ1v) is 18.7. The van der Waals surface area contributed by atoms with Crippen molar-refractivity contribution in [2.45, 2.75) is 75.9 Å². The van der Waals surface area contributed by atoms with Crippen molar-refractivity contribution in [3.05, 3.63) is 96.1 Å². The number of anilines is 1. The van der Waals surface area contributed by atoms with Gasteiger partial charge >= 0.3 is 12.1 Å². The lowest BCUT2D eigenvalue weighted by atomic mass is 9.84. The van der Waals surface area contributed by atoms with Gasteiger partial charge in [0.2, 0.25) is 15.9 Å². The average molecular weight is 724 g/mol. The summed E-state index contributed by atoms with van der Waals surface area (Å²) in [5.41, 5.74) is 14.0. The van der Waals surface area contributed by atoms with Gasteiger partial charge in [-0.1, -0.05) is 88.4 Å². The Hall–Kier alpha value is -4.46. The van der Waals surface area contributed by atoms with Gasteiger partial charge in [-0.05, 0) is 66.5 Å². The van der Waals surface area contributed by atoms with E-state index in [-0.39, 0.29) is 36.4 Å². The fourth-order valence-electron chi connectivity index (χ4n) is 5.65. The Kier molecular flexibility index (Phi) is 15.9. The largest absolute Gasteiger partial charge is 0.463 e. The maximum atomic E-state index is 14.0. The van der Waals surface area contributed by atoms with Crippen LogP contribution in [-0.2, 0) is 29.1 Å². The Morgan fingerprint density at radius 3 is 1.92 bits per heavy atom. The number of nitrogens with two attached hydrogens (primary N) is 2. The second-order valence-corrected chi connectivity index (χ2v) is 15.2. The molecule has 3 rings (SSSR count). The summed E-state index contributed by atoms with van der Waals surface area (Å²) >= 11 is 0.